The molecule has 8 heteroatoms. The summed E-state index contributed by atoms with van der Waals surface area (Å²) in [6, 6.07) is 1.42. The van der Waals surface area contributed by atoms with E-state index in [0.29, 0.717) is 6.07 Å². The minimum Gasteiger partial charge on any atom is -0.465 e. The summed E-state index contributed by atoms with van der Waals surface area (Å²) in [5.41, 5.74) is -1.90. The fourth-order valence-corrected chi connectivity index (χ4v) is 1.92. The van der Waals surface area contributed by atoms with E-state index in [1.807, 2.05) is 0 Å². The summed E-state index contributed by atoms with van der Waals surface area (Å²) in [6.07, 6.45) is -4.67. The first-order valence-electron chi connectivity index (χ1n) is 4.79. The van der Waals surface area contributed by atoms with Crippen LogP contribution in [0.1, 0.15) is 26.3 Å². The molecule has 19 heavy (non-hydrogen) atoms. The Morgan fingerprint density at radius 2 is 1.47 bits per heavy atom. The number of hydrogen-bond acceptors (Lipinski definition) is 4. The van der Waals surface area contributed by atoms with Crippen molar-refractivity contribution in [3.8, 4) is 0 Å². The minimum atomic E-state index is -4.67. The second-order valence-electron chi connectivity index (χ2n) is 3.36. The van der Waals surface area contributed by atoms with Gasteiger partial charge < -0.3 is 9.47 Å². The molecule has 0 radical (unpaired) electrons. The highest BCUT2D eigenvalue weighted by Gasteiger charge is 2.35. The standard InChI is InChI=1S/C11H8BrF3O4/c1-18-9(16)5-3-7(11(13,14)15)8(12)4-6(5)10(17)19-2/h3-4H,1-2H3. The number of carbonyl (C=O) groups excluding carboxylic acids is 2. The Kier molecular flexibility index (Phi) is 4.56. The van der Waals surface area contributed by atoms with Crippen molar-refractivity contribution in [3.63, 3.8) is 0 Å². The summed E-state index contributed by atoms with van der Waals surface area (Å²) in [6.45, 7) is 0. The molecule has 0 spiro atoms. The van der Waals surface area contributed by atoms with Crippen LogP contribution in [-0.4, -0.2) is 26.2 Å². The van der Waals surface area contributed by atoms with Crippen molar-refractivity contribution in [1.29, 1.82) is 0 Å². The van der Waals surface area contributed by atoms with Crippen LogP contribution in [0.25, 0.3) is 0 Å². The molecule has 4 nitrogen and oxygen atoms in total. The summed E-state index contributed by atoms with van der Waals surface area (Å²) in [5, 5.41) is 0. The van der Waals surface area contributed by atoms with Gasteiger partial charge in [-0.05, 0) is 12.1 Å². The normalized spacial score (nSPS) is 11.1. The van der Waals surface area contributed by atoms with E-state index in [9.17, 15) is 22.8 Å². The zero-order valence-corrected chi connectivity index (χ0v) is 11.4. The highest BCUT2D eigenvalue weighted by Crippen LogP contribution is 2.36. The first kappa shape index (κ1) is 15.5. The molecule has 0 aliphatic heterocycles. The van der Waals surface area contributed by atoms with Crippen molar-refractivity contribution < 1.29 is 32.2 Å². The molecule has 0 saturated carbocycles. The first-order chi connectivity index (χ1) is 8.72. The second-order valence-corrected chi connectivity index (χ2v) is 4.21. The SMILES string of the molecule is COC(=O)c1cc(Br)c(C(F)(F)F)cc1C(=O)OC. The topological polar surface area (TPSA) is 52.6 Å². The first-order valence-corrected chi connectivity index (χ1v) is 5.59. The van der Waals surface area contributed by atoms with Crippen molar-refractivity contribution in [2.45, 2.75) is 6.18 Å². The van der Waals surface area contributed by atoms with E-state index < -0.39 is 29.2 Å². The summed E-state index contributed by atoms with van der Waals surface area (Å²) in [7, 11) is 2.05. The Balaban J connectivity index is 3.55. The third kappa shape index (κ3) is 3.25. The van der Waals surface area contributed by atoms with E-state index in [1.54, 1.807) is 0 Å². The van der Waals surface area contributed by atoms with E-state index >= 15 is 0 Å². The molecule has 0 atom stereocenters. The average molecular weight is 341 g/mol. The van der Waals surface area contributed by atoms with Crippen LogP contribution in [0.3, 0.4) is 0 Å². The molecular formula is C11H8BrF3O4. The molecule has 1 rings (SSSR count). The van der Waals surface area contributed by atoms with Gasteiger partial charge in [0, 0.05) is 4.47 Å². The minimum absolute atomic E-state index is 0.311. The molecule has 0 aromatic heterocycles. The molecule has 0 unspecified atom stereocenters. The fourth-order valence-electron chi connectivity index (χ4n) is 1.35. The average Bonchev–Trinajstić information content (AvgIpc) is 2.35. The van der Waals surface area contributed by atoms with Gasteiger partial charge in [0.1, 0.15) is 0 Å². The maximum atomic E-state index is 12.7. The van der Waals surface area contributed by atoms with Crippen molar-refractivity contribution >= 4 is 27.9 Å². The fraction of sp³-hybridized carbons (Fsp3) is 0.273. The van der Waals surface area contributed by atoms with E-state index in [2.05, 4.69) is 25.4 Å². The second kappa shape index (κ2) is 5.60. The van der Waals surface area contributed by atoms with Crippen LogP contribution < -0.4 is 0 Å². The van der Waals surface area contributed by atoms with Gasteiger partial charge in [-0.15, -0.1) is 0 Å². The van der Waals surface area contributed by atoms with Crippen LogP contribution in [0.4, 0.5) is 13.2 Å². The number of rotatable bonds is 2. The number of alkyl halides is 3. The molecule has 0 aliphatic rings. The molecule has 1 aromatic rings. The smallest absolute Gasteiger partial charge is 0.417 e. The lowest BCUT2D eigenvalue weighted by Gasteiger charge is -2.13. The lowest BCUT2D eigenvalue weighted by atomic mass is 10.0. The highest BCUT2D eigenvalue weighted by molar-refractivity contribution is 9.10. The predicted molar refractivity (Wildman–Crippen MR) is 61.8 cm³/mol. The molecule has 0 amide bonds. The molecule has 0 aliphatic carbocycles. The van der Waals surface area contributed by atoms with Gasteiger partial charge in [0.25, 0.3) is 0 Å². The van der Waals surface area contributed by atoms with Gasteiger partial charge in [0.05, 0.1) is 30.9 Å². The van der Waals surface area contributed by atoms with Crippen LogP contribution in [0, 0.1) is 0 Å². The number of carbonyl (C=O) groups is 2. The third-order valence-electron chi connectivity index (χ3n) is 2.22. The van der Waals surface area contributed by atoms with Crippen molar-refractivity contribution in [2.24, 2.45) is 0 Å². The van der Waals surface area contributed by atoms with Gasteiger partial charge in [0.2, 0.25) is 0 Å². The van der Waals surface area contributed by atoms with Crippen LogP contribution in [0.2, 0.25) is 0 Å². The monoisotopic (exact) mass is 340 g/mol. The molecule has 104 valence electrons. The molecule has 0 fully saturated rings. The molecule has 0 heterocycles. The molecule has 1 aromatic carbocycles. The van der Waals surface area contributed by atoms with E-state index in [4.69, 9.17) is 0 Å². The Hall–Kier alpha value is -1.57. The van der Waals surface area contributed by atoms with Crippen LogP contribution in [-0.2, 0) is 15.7 Å². The van der Waals surface area contributed by atoms with Crippen LogP contribution in [0.15, 0.2) is 16.6 Å². The van der Waals surface area contributed by atoms with E-state index in [-0.39, 0.29) is 10.0 Å². The maximum Gasteiger partial charge on any atom is 0.417 e. The number of ether oxygens (including phenoxy) is 2. The summed E-state index contributed by atoms with van der Waals surface area (Å²) < 4.78 is 46.5. The molecule has 0 bridgehead atoms. The Labute approximate surface area is 114 Å². The highest BCUT2D eigenvalue weighted by atomic mass is 79.9. The van der Waals surface area contributed by atoms with Crippen molar-refractivity contribution in [1.82, 2.24) is 0 Å². The van der Waals surface area contributed by atoms with Crippen molar-refractivity contribution in [2.75, 3.05) is 14.2 Å². The van der Waals surface area contributed by atoms with Gasteiger partial charge in [-0.25, -0.2) is 9.59 Å². The lowest BCUT2D eigenvalue weighted by molar-refractivity contribution is -0.138. The zero-order valence-electron chi connectivity index (χ0n) is 9.80. The number of hydrogen-bond donors (Lipinski definition) is 0. The van der Waals surface area contributed by atoms with E-state index in [1.165, 1.54) is 0 Å². The Morgan fingerprint density at radius 3 is 1.84 bits per heavy atom. The predicted octanol–water partition coefficient (Wildman–Crippen LogP) is 3.04. The maximum absolute atomic E-state index is 12.7. The number of esters is 2. The third-order valence-corrected chi connectivity index (χ3v) is 2.88. The molecule has 0 N–H and O–H groups in total. The Morgan fingerprint density at radius 1 is 1.05 bits per heavy atom. The zero-order chi connectivity index (χ0) is 14.8. The van der Waals surface area contributed by atoms with E-state index in [0.717, 1.165) is 20.3 Å². The van der Waals surface area contributed by atoms with Crippen molar-refractivity contribution in [3.05, 3.63) is 33.3 Å². The Bertz CT molecular complexity index is 525. The van der Waals surface area contributed by atoms with Crippen LogP contribution in [0.5, 0.6) is 0 Å². The van der Waals surface area contributed by atoms with Crippen LogP contribution >= 0.6 is 15.9 Å². The summed E-state index contributed by atoms with van der Waals surface area (Å²) in [5.74, 6) is -1.99. The van der Waals surface area contributed by atoms with Gasteiger partial charge in [0.15, 0.2) is 0 Å². The number of halogens is 4. The molecule has 0 saturated heterocycles. The number of benzene rings is 1. The van der Waals surface area contributed by atoms with Gasteiger partial charge in [-0.2, -0.15) is 13.2 Å². The summed E-state index contributed by atoms with van der Waals surface area (Å²) in [4.78, 5) is 22.9. The van der Waals surface area contributed by atoms with Gasteiger partial charge in [-0.1, -0.05) is 15.9 Å². The largest absolute Gasteiger partial charge is 0.465 e. The van der Waals surface area contributed by atoms with Gasteiger partial charge in [-0.3, -0.25) is 0 Å². The van der Waals surface area contributed by atoms with Gasteiger partial charge >= 0.3 is 18.1 Å². The number of methoxy groups -OCH3 is 2. The summed E-state index contributed by atoms with van der Waals surface area (Å²) >= 11 is 2.71. The lowest BCUT2D eigenvalue weighted by Crippen LogP contribution is -2.15. The quantitative estimate of drug-likeness (QED) is 0.776. The molecular weight excluding hydrogens is 333 g/mol.